The molecule has 2 aliphatic rings. The molecule has 1 amide bonds. The zero-order chi connectivity index (χ0) is 19.6. The minimum absolute atomic E-state index is 0.0841. The maximum Gasteiger partial charge on any atom is 0.223 e. The van der Waals surface area contributed by atoms with E-state index in [9.17, 15) is 9.90 Å². The van der Waals surface area contributed by atoms with Gasteiger partial charge in [0.2, 0.25) is 5.91 Å². The van der Waals surface area contributed by atoms with Crippen molar-refractivity contribution in [3.8, 4) is 0 Å². The van der Waals surface area contributed by atoms with E-state index >= 15 is 0 Å². The first-order valence-electron chi connectivity index (χ1n) is 10.2. The lowest BCUT2D eigenvalue weighted by Gasteiger charge is -2.49. The van der Waals surface area contributed by atoms with Crippen molar-refractivity contribution in [3.05, 3.63) is 52.5 Å². The Balaban J connectivity index is 1.64. The van der Waals surface area contributed by atoms with Crippen LogP contribution in [0.15, 0.2) is 41.9 Å². The zero-order valence-electron chi connectivity index (χ0n) is 16.4. The number of amides is 1. The summed E-state index contributed by atoms with van der Waals surface area (Å²) in [6, 6.07) is 9.80. The van der Waals surface area contributed by atoms with Gasteiger partial charge in [-0.1, -0.05) is 43.2 Å². The van der Waals surface area contributed by atoms with Gasteiger partial charge in [0.15, 0.2) is 0 Å². The van der Waals surface area contributed by atoms with Crippen LogP contribution in [0.2, 0.25) is 0 Å². The average molecular weight is 400 g/mol. The second-order valence-corrected chi connectivity index (χ2v) is 9.31. The van der Waals surface area contributed by atoms with Crippen molar-refractivity contribution in [2.24, 2.45) is 5.92 Å². The highest BCUT2D eigenvalue weighted by Gasteiger charge is 2.46. The molecule has 150 valence electrons. The van der Waals surface area contributed by atoms with Crippen LogP contribution in [0.3, 0.4) is 0 Å². The van der Waals surface area contributed by atoms with Gasteiger partial charge in [0, 0.05) is 24.0 Å². The molecule has 5 nitrogen and oxygen atoms in total. The summed E-state index contributed by atoms with van der Waals surface area (Å²) in [4.78, 5) is 19.8. The maximum atomic E-state index is 13.0. The number of nitrogens with one attached hydrogen (secondary N) is 1. The molecule has 4 rings (SSSR count). The average Bonchev–Trinajstić information content (AvgIpc) is 3.39. The lowest BCUT2D eigenvalue weighted by molar-refractivity contribution is -0.132. The molecule has 2 fully saturated rings. The lowest BCUT2D eigenvalue weighted by Crippen LogP contribution is -2.62. The first kappa shape index (κ1) is 19.6. The van der Waals surface area contributed by atoms with E-state index in [1.54, 1.807) is 11.3 Å². The van der Waals surface area contributed by atoms with Crippen molar-refractivity contribution in [1.82, 2.24) is 15.2 Å². The summed E-state index contributed by atoms with van der Waals surface area (Å²) in [6.45, 7) is 3.36. The van der Waals surface area contributed by atoms with E-state index in [-0.39, 0.29) is 23.9 Å². The molecule has 1 saturated carbocycles. The van der Waals surface area contributed by atoms with Gasteiger partial charge < -0.3 is 10.4 Å². The molecule has 1 saturated heterocycles. The molecule has 3 atom stereocenters. The highest BCUT2D eigenvalue weighted by molar-refractivity contribution is 7.09. The minimum Gasteiger partial charge on any atom is -0.388 e. The zero-order valence-corrected chi connectivity index (χ0v) is 17.2. The van der Waals surface area contributed by atoms with Gasteiger partial charge in [-0.05, 0) is 31.7 Å². The van der Waals surface area contributed by atoms with Crippen molar-refractivity contribution in [2.45, 2.75) is 63.3 Å². The Kier molecular flexibility index (Phi) is 5.80. The SMILES string of the molecule is CC1(O)CCN(Cc2nccs2)C(c2ccccc2)C1NC(=O)C1CCCC1. The van der Waals surface area contributed by atoms with Crippen molar-refractivity contribution >= 4 is 17.2 Å². The minimum atomic E-state index is -0.950. The van der Waals surface area contributed by atoms with Crippen molar-refractivity contribution < 1.29 is 9.90 Å². The van der Waals surface area contributed by atoms with Gasteiger partial charge in [0.1, 0.15) is 5.01 Å². The summed E-state index contributed by atoms with van der Waals surface area (Å²) in [5.41, 5.74) is 0.171. The van der Waals surface area contributed by atoms with Crippen LogP contribution in [0.4, 0.5) is 0 Å². The third kappa shape index (κ3) is 4.14. The largest absolute Gasteiger partial charge is 0.388 e. The fourth-order valence-electron chi connectivity index (χ4n) is 4.64. The quantitative estimate of drug-likeness (QED) is 0.807. The molecule has 6 heteroatoms. The van der Waals surface area contributed by atoms with E-state index in [4.69, 9.17) is 0 Å². The second kappa shape index (κ2) is 8.31. The maximum absolute atomic E-state index is 13.0. The van der Waals surface area contributed by atoms with E-state index in [2.05, 4.69) is 27.3 Å². The van der Waals surface area contributed by atoms with Gasteiger partial charge in [-0.25, -0.2) is 4.98 Å². The first-order valence-corrected chi connectivity index (χ1v) is 11.1. The van der Waals surface area contributed by atoms with Gasteiger partial charge in [-0.3, -0.25) is 9.69 Å². The number of piperidine rings is 1. The molecule has 1 aliphatic heterocycles. The van der Waals surface area contributed by atoms with Crippen LogP contribution in [-0.2, 0) is 11.3 Å². The van der Waals surface area contributed by atoms with Crippen LogP contribution in [0.5, 0.6) is 0 Å². The third-order valence-corrected chi connectivity index (χ3v) is 7.04. The van der Waals surface area contributed by atoms with E-state index in [1.807, 2.05) is 36.7 Å². The number of aliphatic hydroxyl groups is 1. The number of benzene rings is 1. The number of hydrogen-bond acceptors (Lipinski definition) is 5. The van der Waals surface area contributed by atoms with Crippen LogP contribution in [0.25, 0.3) is 0 Å². The summed E-state index contributed by atoms with van der Waals surface area (Å²) in [5, 5.41) is 17.6. The molecule has 1 aliphatic carbocycles. The monoisotopic (exact) mass is 399 g/mol. The third-order valence-electron chi connectivity index (χ3n) is 6.27. The van der Waals surface area contributed by atoms with Crippen LogP contribution in [0.1, 0.15) is 55.6 Å². The number of nitrogens with zero attached hydrogens (tertiary/aromatic N) is 2. The molecule has 28 heavy (non-hydrogen) atoms. The molecule has 1 aromatic carbocycles. The van der Waals surface area contributed by atoms with Gasteiger partial charge in [0.25, 0.3) is 0 Å². The molecule has 1 aromatic heterocycles. The van der Waals surface area contributed by atoms with Gasteiger partial charge in [0.05, 0.1) is 24.2 Å². The lowest BCUT2D eigenvalue weighted by atomic mass is 9.79. The number of carbonyl (C=O) groups is 1. The van der Waals surface area contributed by atoms with Crippen LogP contribution in [-0.4, -0.2) is 39.1 Å². The molecular formula is C22H29N3O2S. The van der Waals surface area contributed by atoms with Crippen LogP contribution in [0, 0.1) is 5.92 Å². The van der Waals surface area contributed by atoms with Crippen LogP contribution >= 0.6 is 11.3 Å². The highest BCUT2D eigenvalue weighted by Crippen LogP contribution is 2.38. The van der Waals surface area contributed by atoms with E-state index in [0.29, 0.717) is 6.42 Å². The molecule has 3 unspecified atom stereocenters. The normalized spacial score (nSPS) is 29.1. The first-order chi connectivity index (χ1) is 13.5. The number of hydrogen-bond donors (Lipinski definition) is 2. The molecule has 0 radical (unpaired) electrons. The number of carbonyl (C=O) groups excluding carboxylic acids is 1. The highest BCUT2D eigenvalue weighted by atomic mass is 32.1. The number of thiazole rings is 1. The molecule has 2 N–H and O–H groups in total. The van der Waals surface area contributed by atoms with Gasteiger partial charge in [-0.2, -0.15) is 0 Å². The van der Waals surface area contributed by atoms with Gasteiger partial charge in [-0.15, -0.1) is 11.3 Å². The number of aromatic nitrogens is 1. The fourth-order valence-corrected chi connectivity index (χ4v) is 5.29. The Bertz CT molecular complexity index is 772. The van der Waals surface area contributed by atoms with Crippen LogP contribution < -0.4 is 5.32 Å². The Morgan fingerprint density at radius 2 is 2.07 bits per heavy atom. The standard InChI is InChI=1S/C22H29N3O2S/c1-22(27)11-13-25(15-18-23-12-14-28-18)19(16-7-3-2-4-8-16)20(22)24-21(26)17-9-5-6-10-17/h2-4,7-8,12,14,17,19-20,27H,5-6,9-11,13,15H2,1H3,(H,24,26). The van der Waals surface area contributed by atoms with E-state index < -0.39 is 5.60 Å². The fraction of sp³-hybridized carbons (Fsp3) is 0.545. The Morgan fingerprint density at radius 1 is 1.32 bits per heavy atom. The molecule has 0 spiro atoms. The summed E-state index contributed by atoms with van der Waals surface area (Å²) >= 11 is 1.65. The Morgan fingerprint density at radius 3 is 2.75 bits per heavy atom. The Labute approximate surface area is 170 Å². The molecular weight excluding hydrogens is 370 g/mol. The summed E-state index contributed by atoms with van der Waals surface area (Å²) in [6.07, 6.45) is 6.61. The predicted molar refractivity (Wildman–Crippen MR) is 111 cm³/mol. The number of likely N-dealkylation sites (tertiary alicyclic amines) is 1. The smallest absolute Gasteiger partial charge is 0.223 e. The summed E-state index contributed by atoms with van der Waals surface area (Å²) < 4.78 is 0. The van der Waals surface area contributed by atoms with Crippen molar-refractivity contribution in [2.75, 3.05) is 6.54 Å². The van der Waals surface area contributed by atoms with Gasteiger partial charge >= 0.3 is 0 Å². The second-order valence-electron chi connectivity index (χ2n) is 8.33. The van der Waals surface area contributed by atoms with Crippen molar-refractivity contribution in [3.63, 3.8) is 0 Å². The summed E-state index contributed by atoms with van der Waals surface area (Å²) in [7, 11) is 0. The van der Waals surface area contributed by atoms with E-state index in [0.717, 1.165) is 49.3 Å². The summed E-state index contributed by atoms with van der Waals surface area (Å²) in [5.74, 6) is 0.182. The predicted octanol–water partition coefficient (Wildman–Crippen LogP) is 3.52. The number of rotatable bonds is 5. The molecule has 2 heterocycles. The van der Waals surface area contributed by atoms with E-state index in [1.165, 1.54) is 0 Å². The molecule has 0 bridgehead atoms. The Hall–Kier alpha value is -1.76. The topological polar surface area (TPSA) is 65.5 Å². The van der Waals surface area contributed by atoms with Crippen molar-refractivity contribution in [1.29, 1.82) is 0 Å². The molecule has 2 aromatic rings.